The maximum absolute atomic E-state index is 6.67. The summed E-state index contributed by atoms with van der Waals surface area (Å²) >= 11 is 6.67. The van der Waals surface area contributed by atoms with Crippen LogP contribution in [0, 0.1) is 5.92 Å². The Morgan fingerprint density at radius 1 is 1.00 bits per heavy atom. The van der Waals surface area contributed by atoms with Crippen LogP contribution < -0.4 is 10.2 Å². The van der Waals surface area contributed by atoms with Gasteiger partial charge >= 0.3 is 0 Å². The molecule has 2 nitrogen and oxygen atoms in total. The summed E-state index contributed by atoms with van der Waals surface area (Å²) in [5.41, 5.74) is 3.83. The van der Waals surface area contributed by atoms with Crippen LogP contribution in [-0.2, 0) is 13.0 Å². The van der Waals surface area contributed by atoms with Gasteiger partial charge in [0.15, 0.2) is 0 Å². The maximum atomic E-state index is 6.67. The highest BCUT2D eigenvalue weighted by Crippen LogP contribution is 2.32. The molecule has 0 aromatic heterocycles. The fourth-order valence-corrected chi connectivity index (χ4v) is 4.77. The van der Waals surface area contributed by atoms with Gasteiger partial charge in [-0.1, -0.05) is 73.1 Å². The first kappa shape index (κ1) is 19.3. The Labute approximate surface area is 173 Å². The van der Waals surface area contributed by atoms with Crippen molar-refractivity contribution in [1.29, 1.82) is 0 Å². The summed E-state index contributed by atoms with van der Waals surface area (Å²) < 4.78 is 0. The van der Waals surface area contributed by atoms with Crippen molar-refractivity contribution in [3.63, 3.8) is 0 Å². The third-order valence-electron chi connectivity index (χ3n) is 5.93. The molecule has 4 rings (SSSR count). The molecule has 3 aromatic rings. The second-order valence-electron chi connectivity index (χ2n) is 7.83. The first-order valence-electron chi connectivity index (χ1n) is 10.5. The fourth-order valence-electron chi connectivity index (χ4n) is 4.39. The van der Waals surface area contributed by atoms with Gasteiger partial charge in [0, 0.05) is 19.6 Å². The van der Waals surface area contributed by atoms with Crippen LogP contribution in [0.2, 0.25) is 5.02 Å². The van der Waals surface area contributed by atoms with Gasteiger partial charge < -0.3 is 10.2 Å². The Balaban J connectivity index is 1.38. The van der Waals surface area contributed by atoms with E-state index in [1.807, 2.05) is 0 Å². The SMILES string of the molecule is CCc1cccc(N2CCCC(CNCc3cccc4ccccc34)C2)c1Cl. The molecule has 0 bridgehead atoms. The Bertz CT molecular complexity index is 931. The zero-order valence-electron chi connectivity index (χ0n) is 16.6. The molecule has 3 aromatic carbocycles. The first-order valence-corrected chi connectivity index (χ1v) is 10.8. The molecule has 0 amide bonds. The molecular formula is C25H29ClN2. The molecule has 1 atom stereocenters. The minimum absolute atomic E-state index is 0.657. The number of benzene rings is 3. The van der Waals surface area contributed by atoms with E-state index in [1.54, 1.807) is 0 Å². The molecule has 3 heteroatoms. The highest BCUT2D eigenvalue weighted by molar-refractivity contribution is 6.34. The van der Waals surface area contributed by atoms with E-state index in [0.717, 1.165) is 37.6 Å². The normalized spacial score (nSPS) is 17.2. The number of aryl methyl sites for hydroxylation is 1. The zero-order valence-corrected chi connectivity index (χ0v) is 17.4. The van der Waals surface area contributed by atoms with Crippen molar-refractivity contribution < 1.29 is 0 Å². The van der Waals surface area contributed by atoms with Crippen molar-refractivity contribution in [2.75, 3.05) is 24.5 Å². The quantitative estimate of drug-likeness (QED) is 0.548. The predicted molar refractivity (Wildman–Crippen MR) is 121 cm³/mol. The standard InChI is InChI=1S/C25H29ClN2/c1-2-20-10-6-14-24(25(20)26)28-15-7-8-19(18-28)16-27-17-22-12-5-11-21-9-3-4-13-23(21)22/h3-6,9-14,19,27H,2,7-8,15-18H2,1H3. The molecule has 1 unspecified atom stereocenters. The molecule has 1 saturated heterocycles. The van der Waals surface area contributed by atoms with Gasteiger partial charge in [-0.25, -0.2) is 0 Å². The van der Waals surface area contributed by atoms with E-state index in [0.29, 0.717) is 5.92 Å². The van der Waals surface area contributed by atoms with E-state index in [1.165, 1.54) is 40.4 Å². The molecule has 0 saturated carbocycles. The van der Waals surface area contributed by atoms with E-state index in [-0.39, 0.29) is 0 Å². The third kappa shape index (κ3) is 4.19. The number of anilines is 1. The number of piperidine rings is 1. The van der Waals surface area contributed by atoms with Gasteiger partial charge in [0.05, 0.1) is 10.7 Å². The van der Waals surface area contributed by atoms with E-state index in [9.17, 15) is 0 Å². The molecule has 28 heavy (non-hydrogen) atoms. The average molecular weight is 393 g/mol. The second kappa shape index (κ2) is 8.98. The van der Waals surface area contributed by atoms with Crippen molar-refractivity contribution in [3.05, 3.63) is 76.8 Å². The fraction of sp³-hybridized carbons (Fsp3) is 0.360. The Kier molecular flexibility index (Phi) is 6.19. The first-order chi connectivity index (χ1) is 13.8. The average Bonchev–Trinajstić information content (AvgIpc) is 2.74. The Hall–Kier alpha value is -2.03. The van der Waals surface area contributed by atoms with E-state index in [2.05, 4.69) is 77.8 Å². The lowest BCUT2D eigenvalue weighted by Gasteiger charge is -2.35. The number of hydrogen-bond donors (Lipinski definition) is 1. The van der Waals surface area contributed by atoms with Gasteiger partial charge in [-0.05, 0) is 59.7 Å². The predicted octanol–water partition coefficient (Wildman–Crippen LogP) is 6.06. The number of hydrogen-bond acceptors (Lipinski definition) is 2. The Morgan fingerprint density at radius 3 is 2.68 bits per heavy atom. The summed E-state index contributed by atoms with van der Waals surface area (Å²) in [6.45, 7) is 6.32. The number of nitrogens with zero attached hydrogens (tertiary/aromatic N) is 1. The van der Waals surface area contributed by atoms with Gasteiger partial charge in [-0.2, -0.15) is 0 Å². The molecule has 1 fully saturated rings. The summed E-state index contributed by atoms with van der Waals surface area (Å²) in [7, 11) is 0. The van der Waals surface area contributed by atoms with Crippen LogP contribution in [0.15, 0.2) is 60.7 Å². The van der Waals surface area contributed by atoms with Gasteiger partial charge in [0.25, 0.3) is 0 Å². The summed E-state index contributed by atoms with van der Waals surface area (Å²) in [6, 6.07) is 21.7. The van der Waals surface area contributed by atoms with Crippen molar-refractivity contribution in [2.45, 2.75) is 32.7 Å². The van der Waals surface area contributed by atoms with Crippen LogP contribution in [0.5, 0.6) is 0 Å². The molecule has 1 aliphatic heterocycles. The van der Waals surface area contributed by atoms with Crippen LogP contribution >= 0.6 is 11.6 Å². The monoisotopic (exact) mass is 392 g/mol. The summed E-state index contributed by atoms with van der Waals surface area (Å²) in [6.07, 6.45) is 3.49. The van der Waals surface area contributed by atoms with Crippen LogP contribution in [0.25, 0.3) is 10.8 Å². The van der Waals surface area contributed by atoms with Gasteiger partial charge in [0.2, 0.25) is 0 Å². The lowest BCUT2D eigenvalue weighted by atomic mass is 9.96. The van der Waals surface area contributed by atoms with Crippen molar-refractivity contribution in [2.24, 2.45) is 5.92 Å². The molecule has 0 spiro atoms. The molecule has 146 valence electrons. The topological polar surface area (TPSA) is 15.3 Å². The molecule has 1 aliphatic rings. The minimum atomic E-state index is 0.657. The van der Waals surface area contributed by atoms with Crippen molar-refractivity contribution in [1.82, 2.24) is 5.32 Å². The van der Waals surface area contributed by atoms with Crippen LogP contribution in [0.1, 0.15) is 30.9 Å². The van der Waals surface area contributed by atoms with Gasteiger partial charge in [-0.15, -0.1) is 0 Å². The minimum Gasteiger partial charge on any atom is -0.370 e. The maximum Gasteiger partial charge on any atom is 0.0671 e. The van der Waals surface area contributed by atoms with Crippen LogP contribution in [0.4, 0.5) is 5.69 Å². The van der Waals surface area contributed by atoms with Gasteiger partial charge in [-0.3, -0.25) is 0 Å². The molecule has 1 N–H and O–H groups in total. The third-order valence-corrected chi connectivity index (χ3v) is 6.36. The molecular weight excluding hydrogens is 364 g/mol. The number of halogens is 1. The molecule has 0 aliphatic carbocycles. The summed E-state index contributed by atoms with van der Waals surface area (Å²) in [4.78, 5) is 2.48. The van der Waals surface area contributed by atoms with E-state index >= 15 is 0 Å². The summed E-state index contributed by atoms with van der Waals surface area (Å²) in [5.74, 6) is 0.657. The Morgan fingerprint density at radius 2 is 1.79 bits per heavy atom. The van der Waals surface area contributed by atoms with Crippen molar-refractivity contribution >= 4 is 28.1 Å². The summed E-state index contributed by atoms with van der Waals surface area (Å²) in [5, 5.41) is 7.32. The largest absolute Gasteiger partial charge is 0.370 e. The number of rotatable bonds is 6. The highest BCUT2D eigenvalue weighted by atomic mass is 35.5. The van der Waals surface area contributed by atoms with Crippen molar-refractivity contribution in [3.8, 4) is 0 Å². The molecule has 1 heterocycles. The number of nitrogens with one attached hydrogen (secondary N) is 1. The molecule has 0 radical (unpaired) electrons. The smallest absolute Gasteiger partial charge is 0.0671 e. The second-order valence-corrected chi connectivity index (χ2v) is 8.21. The van der Waals surface area contributed by atoms with E-state index < -0.39 is 0 Å². The lowest BCUT2D eigenvalue weighted by Crippen LogP contribution is -2.39. The highest BCUT2D eigenvalue weighted by Gasteiger charge is 2.22. The van der Waals surface area contributed by atoms with Crippen LogP contribution in [-0.4, -0.2) is 19.6 Å². The number of fused-ring (bicyclic) bond motifs is 1. The zero-order chi connectivity index (χ0) is 19.3. The van der Waals surface area contributed by atoms with E-state index in [4.69, 9.17) is 11.6 Å². The van der Waals surface area contributed by atoms with Gasteiger partial charge in [0.1, 0.15) is 0 Å². The lowest BCUT2D eigenvalue weighted by molar-refractivity contribution is 0.392. The van der Waals surface area contributed by atoms with Crippen LogP contribution in [0.3, 0.4) is 0 Å².